The van der Waals surface area contributed by atoms with E-state index in [1.54, 1.807) is 0 Å². The van der Waals surface area contributed by atoms with Crippen LogP contribution in [0.15, 0.2) is 0 Å². The summed E-state index contributed by atoms with van der Waals surface area (Å²) >= 11 is 0. The summed E-state index contributed by atoms with van der Waals surface area (Å²) in [6, 6.07) is 1.56. The summed E-state index contributed by atoms with van der Waals surface area (Å²) in [5.74, 6) is 2.72. The van der Waals surface area contributed by atoms with Gasteiger partial charge >= 0.3 is 0 Å². The molecule has 2 aliphatic rings. The van der Waals surface area contributed by atoms with E-state index in [1.807, 2.05) is 0 Å². The smallest absolute Gasteiger partial charge is 0.0164 e. The molecule has 0 bridgehead atoms. The Morgan fingerprint density at radius 2 is 1.73 bits per heavy atom. The van der Waals surface area contributed by atoms with E-state index < -0.39 is 0 Å². The third-order valence-electron chi connectivity index (χ3n) is 4.91. The number of hydrogen-bond acceptors (Lipinski definition) is 2. The summed E-state index contributed by atoms with van der Waals surface area (Å²) in [4.78, 5) is 5.25. The van der Waals surface area contributed by atoms with Crippen LogP contribution in [0.4, 0.5) is 0 Å². The van der Waals surface area contributed by atoms with Crippen molar-refractivity contribution in [2.75, 3.05) is 26.7 Å². The predicted octanol–water partition coefficient (Wildman–Crippen LogP) is 1.91. The van der Waals surface area contributed by atoms with Gasteiger partial charge in [-0.15, -0.1) is 0 Å². The summed E-state index contributed by atoms with van der Waals surface area (Å²) in [6.45, 7) is 13.3. The zero-order chi connectivity index (χ0) is 11.2. The predicted molar refractivity (Wildman–Crippen MR) is 64.9 cm³/mol. The van der Waals surface area contributed by atoms with Crippen molar-refractivity contribution in [3.63, 3.8) is 0 Å². The molecule has 4 atom stereocenters. The van der Waals surface area contributed by atoms with Gasteiger partial charge in [0, 0.05) is 31.7 Å². The minimum Gasteiger partial charge on any atom is -0.302 e. The van der Waals surface area contributed by atoms with Crippen molar-refractivity contribution in [2.24, 2.45) is 17.8 Å². The Morgan fingerprint density at radius 1 is 1.07 bits per heavy atom. The Hall–Kier alpha value is -0.0800. The van der Waals surface area contributed by atoms with Crippen molar-refractivity contribution >= 4 is 0 Å². The molecular weight excluding hydrogens is 184 g/mol. The van der Waals surface area contributed by atoms with Crippen LogP contribution < -0.4 is 0 Å². The molecule has 4 unspecified atom stereocenters. The van der Waals surface area contributed by atoms with Crippen molar-refractivity contribution < 1.29 is 0 Å². The highest BCUT2D eigenvalue weighted by molar-refractivity contribution is 5.01. The second-order valence-electron chi connectivity index (χ2n) is 5.94. The van der Waals surface area contributed by atoms with Crippen LogP contribution in [-0.2, 0) is 0 Å². The van der Waals surface area contributed by atoms with Crippen molar-refractivity contribution in [3.05, 3.63) is 0 Å². The monoisotopic (exact) mass is 210 g/mol. The average Bonchev–Trinajstić information content (AvgIpc) is 2.34. The highest BCUT2D eigenvalue weighted by atomic mass is 15.3. The fourth-order valence-corrected chi connectivity index (χ4v) is 3.53. The lowest BCUT2D eigenvalue weighted by atomic mass is 9.61. The first-order chi connectivity index (χ1) is 7.02. The van der Waals surface area contributed by atoms with Crippen molar-refractivity contribution in [2.45, 2.75) is 39.8 Å². The van der Waals surface area contributed by atoms with E-state index in [-0.39, 0.29) is 0 Å². The van der Waals surface area contributed by atoms with E-state index in [1.165, 1.54) is 19.6 Å². The quantitative estimate of drug-likeness (QED) is 0.652. The molecule has 0 aromatic rings. The van der Waals surface area contributed by atoms with Gasteiger partial charge in [0.2, 0.25) is 0 Å². The van der Waals surface area contributed by atoms with Gasteiger partial charge < -0.3 is 4.90 Å². The van der Waals surface area contributed by atoms with Gasteiger partial charge in [-0.1, -0.05) is 13.8 Å². The maximum Gasteiger partial charge on any atom is 0.0164 e. The molecular formula is C13H26N2. The molecule has 2 heteroatoms. The summed E-state index contributed by atoms with van der Waals surface area (Å²) in [5, 5.41) is 0. The van der Waals surface area contributed by atoms with Gasteiger partial charge in [-0.2, -0.15) is 0 Å². The van der Waals surface area contributed by atoms with Crippen LogP contribution in [0.5, 0.6) is 0 Å². The van der Waals surface area contributed by atoms with Crippen LogP contribution in [0.25, 0.3) is 0 Å². The fourth-order valence-electron chi connectivity index (χ4n) is 3.53. The van der Waals surface area contributed by atoms with E-state index in [2.05, 4.69) is 44.5 Å². The highest BCUT2D eigenvalue weighted by Gasteiger charge is 2.48. The first-order valence-electron chi connectivity index (χ1n) is 6.46. The lowest BCUT2D eigenvalue weighted by molar-refractivity contribution is -0.0300. The molecule has 2 fully saturated rings. The second-order valence-corrected chi connectivity index (χ2v) is 5.94. The van der Waals surface area contributed by atoms with Crippen LogP contribution >= 0.6 is 0 Å². The number of hydrogen-bond donors (Lipinski definition) is 0. The topological polar surface area (TPSA) is 6.48 Å². The first kappa shape index (κ1) is 11.4. The van der Waals surface area contributed by atoms with Crippen LogP contribution in [0, 0.1) is 17.8 Å². The molecule has 0 radical (unpaired) electrons. The van der Waals surface area contributed by atoms with Crippen molar-refractivity contribution in [1.82, 2.24) is 9.80 Å². The van der Waals surface area contributed by atoms with Gasteiger partial charge in [0.25, 0.3) is 0 Å². The molecule has 0 aromatic carbocycles. The second kappa shape index (κ2) is 4.06. The molecule has 0 amide bonds. The van der Waals surface area contributed by atoms with E-state index >= 15 is 0 Å². The van der Waals surface area contributed by atoms with Crippen molar-refractivity contribution in [1.29, 1.82) is 0 Å². The standard InChI is InChI=1S/C13H26N2/c1-9(2)15-7-6-14(5)13-11(4)10(3)12(13)8-15/h9-13H,6-8H2,1-5H3. The van der Waals surface area contributed by atoms with Crippen LogP contribution in [0.3, 0.4) is 0 Å². The van der Waals surface area contributed by atoms with Crippen LogP contribution in [0.2, 0.25) is 0 Å². The van der Waals surface area contributed by atoms with E-state index in [4.69, 9.17) is 0 Å². The van der Waals surface area contributed by atoms with E-state index in [9.17, 15) is 0 Å². The lowest BCUT2D eigenvalue weighted by Gasteiger charge is -2.52. The molecule has 2 nitrogen and oxygen atoms in total. The van der Waals surface area contributed by atoms with Gasteiger partial charge in [-0.05, 0) is 38.6 Å². The molecule has 0 spiro atoms. The molecule has 15 heavy (non-hydrogen) atoms. The summed E-state index contributed by atoms with van der Waals surface area (Å²) < 4.78 is 0. The zero-order valence-electron chi connectivity index (χ0n) is 10.9. The Labute approximate surface area is 94.6 Å². The van der Waals surface area contributed by atoms with E-state index in [0.717, 1.165) is 23.8 Å². The Kier molecular flexibility index (Phi) is 3.09. The molecule has 0 N–H and O–H groups in total. The summed E-state index contributed by atoms with van der Waals surface area (Å²) in [6.07, 6.45) is 0. The number of likely N-dealkylation sites (N-methyl/N-ethyl adjacent to an activating group) is 1. The van der Waals surface area contributed by atoms with Gasteiger partial charge in [0.15, 0.2) is 0 Å². The Morgan fingerprint density at radius 3 is 2.33 bits per heavy atom. The number of rotatable bonds is 1. The zero-order valence-corrected chi connectivity index (χ0v) is 10.9. The normalized spacial score (nSPS) is 43.6. The van der Waals surface area contributed by atoms with Gasteiger partial charge in [0.05, 0.1) is 0 Å². The number of fused-ring (bicyclic) bond motifs is 1. The largest absolute Gasteiger partial charge is 0.302 e. The summed E-state index contributed by atoms with van der Waals surface area (Å²) in [5.41, 5.74) is 0. The minimum absolute atomic E-state index is 0.709. The maximum absolute atomic E-state index is 2.66. The van der Waals surface area contributed by atoms with Crippen LogP contribution in [-0.4, -0.2) is 48.6 Å². The van der Waals surface area contributed by atoms with E-state index in [0.29, 0.717) is 6.04 Å². The van der Waals surface area contributed by atoms with Gasteiger partial charge in [0.1, 0.15) is 0 Å². The lowest BCUT2D eigenvalue weighted by Crippen LogP contribution is -2.58. The molecule has 1 heterocycles. The third-order valence-corrected chi connectivity index (χ3v) is 4.91. The molecule has 1 aliphatic heterocycles. The molecule has 1 aliphatic carbocycles. The Balaban J connectivity index is 2.07. The number of nitrogens with zero attached hydrogens (tertiary/aromatic N) is 2. The maximum atomic E-state index is 2.66. The first-order valence-corrected chi connectivity index (χ1v) is 6.46. The minimum atomic E-state index is 0.709. The van der Waals surface area contributed by atoms with Gasteiger partial charge in [-0.25, -0.2) is 0 Å². The SMILES string of the molecule is CC1C(C)C2C1CN(C(C)C)CCN2C. The van der Waals surface area contributed by atoms with Gasteiger partial charge in [-0.3, -0.25) is 4.90 Å². The van der Waals surface area contributed by atoms with Crippen LogP contribution in [0.1, 0.15) is 27.7 Å². The molecule has 88 valence electrons. The summed E-state index contributed by atoms with van der Waals surface area (Å²) in [7, 11) is 2.31. The molecule has 0 aromatic heterocycles. The molecule has 1 saturated carbocycles. The van der Waals surface area contributed by atoms with Crippen molar-refractivity contribution in [3.8, 4) is 0 Å². The fraction of sp³-hybridized carbons (Fsp3) is 1.00. The Bertz CT molecular complexity index is 227. The average molecular weight is 210 g/mol. The molecule has 1 saturated heterocycles. The third kappa shape index (κ3) is 1.83. The highest BCUT2D eigenvalue weighted by Crippen LogP contribution is 2.44. The molecule has 2 rings (SSSR count).